The van der Waals surface area contributed by atoms with Gasteiger partial charge in [0, 0.05) is 21.7 Å². The number of hydrogen-bond acceptors (Lipinski definition) is 1. The van der Waals surface area contributed by atoms with E-state index in [1.54, 1.807) is 0 Å². The molecule has 74 heavy (non-hydrogen) atoms. The molecule has 13 aromatic carbocycles. The fraction of sp³-hybridized carbons (Fsp3) is 0.0137. The van der Waals surface area contributed by atoms with Gasteiger partial charge in [-0.15, -0.1) is 0 Å². The van der Waals surface area contributed by atoms with E-state index in [2.05, 4.69) is 268 Å². The van der Waals surface area contributed by atoms with Crippen LogP contribution in [-0.4, -0.2) is 0 Å². The fourth-order valence-corrected chi connectivity index (χ4v) is 12.2. The summed E-state index contributed by atoms with van der Waals surface area (Å²) in [6.07, 6.45) is 4.40. The van der Waals surface area contributed by atoms with E-state index in [1.807, 2.05) is 0 Å². The van der Waals surface area contributed by atoms with Crippen LogP contribution in [0.15, 0.2) is 265 Å². The van der Waals surface area contributed by atoms with Gasteiger partial charge in [-0.2, -0.15) is 0 Å². The molecule has 0 amide bonds. The van der Waals surface area contributed by atoms with Crippen molar-refractivity contribution in [3.05, 3.63) is 277 Å². The number of benzene rings is 13. The molecule has 0 fully saturated rings. The predicted octanol–water partition coefficient (Wildman–Crippen LogP) is 18.9. The zero-order valence-electron chi connectivity index (χ0n) is 40.9. The van der Waals surface area contributed by atoms with E-state index in [0.29, 0.717) is 5.42 Å². The number of fused-ring (bicyclic) bond motifs is 7. The number of allylic oxidation sites excluding steroid dienone is 2. The monoisotopic (exact) mass is 940 g/mol. The second-order valence-corrected chi connectivity index (χ2v) is 19.4. The Hall–Kier alpha value is -9.56. The summed E-state index contributed by atoms with van der Waals surface area (Å²) in [5.74, 6) is 0. The number of rotatable bonds is 7. The van der Waals surface area contributed by atoms with Crippen molar-refractivity contribution in [1.82, 2.24) is 0 Å². The fourth-order valence-electron chi connectivity index (χ4n) is 12.2. The second kappa shape index (κ2) is 17.6. The molecule has 14 rings (SSSR count). The van der Waals surface area contributed by atoms with Crippen molar-refractivity contribution in [2.45, 2.75) is 6.92 Å². The quantitative estimate of drug-likeness (QED) is 0.145. The Morgan fingerprint density at radius 3 is 1.12 bits per heavy atom. The molecule has 1 aromatic heterocycles. The maximum absolute atomic E-state index is 7.06. The third-order valence-corrected chi connectivity index (χ3v) is 15.3. The first-order valence-electron chi connectivity index (χ1n) is 25.6. The highest BCUT2D eigenvalue weighted by molar-refractivity contribution is 6.24. The molecule has 0 aliphatic carbocycles. The lowest BCUT2D eigenvalue weighted by molar-refractivity contribution is 0.578. The molecule has 0 aliphatic rings. The van der Waals surface area contributed by atoms with Gasteiger partial charge in [0.25, 0.3) is 0 Å². The minimum Gasteiger partial charge on any atom is -0.456 e. The Morgan fingerprint density at radius 1 is 0.324 bits per heavy atom. The molecule has 1 heterocycles. The lowest BCUT2D eigenvalue weighted by Crippen LogP contribution is -2.22. The Balaban J connectivity index is 0.961. The molecule has 14 aromatic rings. The van der Waals surface area contributed by atoms with E-state index >= 15 is 0 Å². The van der Waals surface area contributed by atoms with Gasteiger partial charge in [-0.1, -0.05) is 267 Å². The third-order valence-electron chi connectivity index (χ3n) is 15.3. The SMILES string of the molecule is C=c1oc2c(-c3c4ccccc4c(-c4ccc(-c5cccc6ccccc56)cc4)c4ccccc34)cccc2/c1=C(/C=C\C)c1c2ccccc2c(-c2ccc(-c3cccc4ccccc34)cc2)c2ccccc12. The smallest absolute Gasteiger partial charge is 0.143 e. The summed E-state index contributed by atoms with van der Waals surface area (Å²) < 4.78 is 7.06. The zero-order valence-corrected chi connectivity index (χ0v) is 40.9. The van der Waals surface area contributed by atoms with Gasteiger partial charge in [0.1, 0.15) is 11.0 Å². The van der Waals surface area contributed by atoms with Gasteiger partial charge in [0.05, 0.1) is 0 Å². The van der Waals surface area contributed by atoms with Crippen molar-refractivity contribution in [3.63, 3.8) is 0 Å². The molecular formula is C73H48O. The average molecular weight is 941 g/mol. The Bertz CT molecular complexity index is 4600. The molecule has 0 radical (unpaired) electrons. The summed E-state index contributed by atoms with van der Waals surface area (Å²) in [4.78, 5) is 0. The van der Waals surface area contributed by atoms with Crippen molar-refractivity contribution in [3.8, 4) is 55.6 Å². The van der Waals surface area contributed by atoms with Crippen molar-refractivity contribution >= 4 is 87.8 Å². The number of para-hydroxylation sites is 1. The first-order chi connectivity index (χ1) is 36.6. The lowest BCUT2D eigenvalue weighted by Gasteiger charge is -2.19. The van der Waals surface area contributed by atoms with Crippen LogP contribution in [0.2, 0.25) is 0 Å². The molecule has 0 atom stereocenters. The maximum atomic E-state index is 7.06. The highest BCUT2D eigenvalue weighted by Crippen LogP contribution is 2.47. The molecule has 346 valence electrons. The van der Waals surface area contributed by atoms with E-state index in [9.17, 15) is 0 Å². The van der Waals surface area contributed by atoms with E-state index < -0.39 is 0 Å². The molecule has 1 nitrogen and oxygen atoms in total. The van der Waals surface area contributed by atoms with Crippen LogP contribution in [0.3, 0.4) is 0 Å². The molecule has 0 bridgehead atoms. The molecular weight excluding hydrogens is 893 g/mol. The molecule has 0 N–H and O–H groups in total. The summed E-state index contributed by atoms with van der Waals surface area (Å²) in [5.41, 5.74) is 15.6. The van der Waals surface area contributed by atoms with Crippen LogP contribution >= 0.6 is 0 Å². The second-order valence-electron chi connectivity index (χ2n) is 19.4. The highest BCUT2D eigenvalue weighted by atomic mass is 16.3. The minimum absolute atomic E-state index is 0.637. The maximum Gasteiger partial charge on any atom is 0.143 e. The third kappa shape index (κ3) is 6.85. The van der Waals surface area contributed by atoms with E-state index in [4.69, 9.17) is 11.0 Å². The van der Waals surface area contributed by atoms with Crippen LogP contribution in [0.5, 0.6) is 0 Å². The van der Waals surface area contributed by atoms with Gasteiger partial charge in [0.15, 0.2) is 0 Å². The van der Waals surface area contributed by atoms with Crippen LogP contribution in [0.1, 0.15) is 12.5 Å². The van der Waals surface area contributed by atoms with E-state index in [-0.39, 0.29) is 0 Å². The summed E-state index contributed by atoms with van der Waals surface area (Å²) in [7, 11) is 0. The average Bonchev–Trinajstić information content (AvgIpc) is 3.84. The number of furan rings is 1. The summed E-state index contributed by atoms with van der Waals surface area (Å²) in [5, 5.41) is 16.5. The van der Waals surface area contributed by atoms with E-state index in [0.717, 1.165) is 38.5 Å². The molecule has 0 spiro atoms. The topological polar surface area (TPSA) is 13.1 Å². The van der Waals surface area contributed by atoms with Crippen molar-refractivity contribution < 1.29 is 4.42 Å². The summed E-state index contributed by atoms with van der Waals surface area (Å²) in [6.45, 7) is 6.80. The zero-order chi connectivity index (χ0) is 49.3. The van der Waals surface area contributed by atoms with Gasteiger partial charge >= 0.3 is 0 Å². The van der Waals surface area contributed by atoms with E-state index in [1.165, 1.54) is 109 Å². The van der Waals surface area contributed by atoms with Crippen LogP contribution in [0.4, 0.5) is 0 Å². The predicted molar refractivity (Wildman–Crippen MR) is 317 cm³/mol. The van der Waals surface area contributed by atoms with Crippen molar-refractivity contribution in [2.24, 2.45) is 0 Å². The molecule has 0 unspecified atom stereocenters. The molecule has 0 saturated carbocycles. The first kappa shape index (κ1) is 43.2. The van der Waals surface area contributed by atoms with Crippen LogP contribution in [0, 0.1) is 0 Å². The van der Waals surface area contributed by atoms with Crippen molar-refractivity contribution in [1.29, 1.82) is 0 Å². The normalized spacial score (nSPS) is 12.3. The molecule has 1 heteroatoms. The Kier molecular flexibility index (Phi) is 10.3. The highest BCUT2D eigenvalue weighted by Gasteiger charge is 2.23. The van der Waals surface area contributed by atoms with Gasteiger partial charge < -0.3 is 4.42 Å². The first-order valence-corrected chi connectivity index (χ1v) is 25.6. The molecule has 0 aliphatic heterocycles. The minimum atomic E-state index is 0.637. The van der Waals surface area contributed by atoms with Crippen LogP contribution in [0.25, 0.3) is 143 Å². The van der Waals surface area contributed by atoms with Crippen LogP contribution < -0.4 is 10.6 Å². The Morgan fingerprint density at radius 2 is 0.662 bits per heavy atom. The lowest BCUT2D eigenvalue weighted by atomic mass is 9.84. The summed E-state index contributed by atoms with van der Waals surface area (Å²) in [6, 6.07) is 90.8. The summed E-state index contributed by atoms with van der Waals surface area (Å²) >= 11 is 0. The van der Waals surface area contributed by atoms with Gasteiger partial charge in [-0.25, -0.2) is 0 Å². The van der Waals surface area contributed by atoms with Crippen LogP contribution in [-0.2, 0) is 0 Å². The van der Waals surface area contributed by atoms with Gasteiger partial charge in [-0.05, 0) is 127 Å². The molecule has 0 saturated heterocycles. The Labute approximate surface area is 429 Å². The van der Waals surface area contributed by atoms with Gasteiger partial charge in [-0.3, -0.25) is 0 Å². The van der Waals surface area contributed by atoms with Crippen molar-refractivity contribution in [2.75, 3.05) is 0 Å². The largest absolute Gasteiger partial charge is 0.456 e. The van der Waals surface area contributed by atoms with Gasteiger partial charge in [0.2, 0.25) is 0 Å². The number of hydrogen-bond donors (Lipinski definition) is 0. The standard InChI is InChI=1S/C73H48O/c1-3-19-65(71-61-30-12-8-26-57(61)69(58-27-9-13-31-62(58)71)51-42-38-49(39-43-51)55-34-16-22-47-20-4-6-24-53(47)55)68-46(2)74-73-66(68)36-18-37-67(73)72-63-32-14-10-28-59(63)70(60-29-11-15-33-64(60)72)52-44-40-50(41-45-52)56-35-17-23-48-21-5-7-25-54(48)56/h3-45H,2H2,1H3/b19-3-,68-65-.